The zero-order valence-electron chi connectivity index (χ0n) is 21.5. The molecule has 1 aromatic carbocycles. The smallest absolute Gasteiger partial charge is 0.254 e. The fourth-order valence-electron chi connectivity index (χ4n) is 5.69. The lowest BCUT2D eigenvalue weighted by Gasteiger charge is -2.26. The van der Waals surface area contributed by atoms with Crippen LogP contribution in [0.4, 0.5) is 0 Å². The van der Waals surface area contributed by atoms with Crippen molar-refractivity contribution in [2.24, 2.45) is 16.6 Å². The van der Waals surface area contributed by atoms with Crippen LogP contribution in [0, 0.1) is 5.92 Å². The Bertz CT molecular complexity index is 1350. The van der Waals surface area contributed by atoms with Gasteiger partial charge >= 0.3 is 0 Å². The molecule has 3 heterocycles. The molecule has 9 heteroatoms. The summed E-state index contributed by atoms with van der Waals surface area (Å²) in [6, 6.07) is 4.37. The van der Waals surface area contributed by atoms with Crippen LogP contribution in [0.2, 0.25) is 0 Å². The van der Waals surface area contributed by atoms with Gasteiger partial charge in [0.25, 0.3) is 11.8 Å². The Kier molecular flexibility index (Phi) is 7.06. The molecule has 3 N–H and O–H groups in total. The molecule has 37 heavy (non-hydrogen) atoms. The number of dihydropyridines is 1. The van der Waals surface area contributed by atoms with Crippen LogP contribution >= 0.6 is 0 Å². The molecule has 2 aliphatic heterocycles. The topological polar surface area (TPSA) is 123 Å². The lowest BCUT2D eigenvalue weighted by molar-refractivity contribution is -0.129. The van der Waals surface area contributed by atoms with Gasteiger partial charge in [0.1, 0.15) is 0 Å². The highest BCUT2D eigenvalue weighted by atomic mass is 16.2. The molecule has 3 amide bonds. The molecule has 1 aromatic heterocycles. The second-order valence-electron chi connectivity index (χ2n) is 10.2. The van der Waals surface area contributed by atoms with E-state index >= 15 is 0 Å². The van der Waals surface area contributed by atoms with Crippen molar-refractivity contribution in [2.75, 3.05) is 26.2 Å². The first kappa shape index (κ1) is 25.1. The molecule has 0 bridgehead atoms. The molecular weight excluding hydrogens is 468 g/mol. The highest BCUT2D eigenvalue weighted by molar-refractivity contribution is 6.08. The Labute approximate surface area is 216 Å². The van der Waals surface area contributed by atoms with Crippen molar-refractivity contribution in [1.29, 1.82) is 0 Å². The summed E-state index contributed by atoms with van der Waals surface area (Å²) in [6.45, 7) is 4.99. The highest BCUT2D eigenvalue weighted by Crippen LogP contribution is 2.35. The minimum Gasteiger partial charge on any atom is -0.351 e. The summed E-state index contributed by atoms with van der Waals surface area (Å²) in [5.74, 6) is -0.985. The first-order valence-electron chi connectivity index (χ1n) is 13.1. The van der Waals surface area contributed by atoms with Crippen LogP contribution in [-0.4, -0.2) is 64.3 Å². The molecule has 2 aromatic rings. The molecule has 194 valence electrons. The number of fused-ring (bicyclic) bond motifs is 1. The van der Waals surface area contributed by atoms with Crippen LogP contribution in [0.1, 0.15) is 67.9 Å². The first-order valence-corrected chi connectivity index (χ1v) is 13.1. The van der Waals surface area contributed by atoms with Crippen molar-refractivity contribution in [3.63, 3.8) is 0 Å². The molecule has 1 fully saturated rings. The molecule has 0 radical (unpaired) electrons. The van der Waals surface area contributed by atoms with Gasteiger partial charge in [0.05, 0.1) is 35.8 Å². The molecule has 1 atom stereocenters. The van der Waals surface area contributed by atoms with E-state index in [9.17, 15) is 14.4 Å². The third kappa shape index (κ3) is 5.00. The summed E-state index contributed by atoms with van der Waals surface area (Å²) < 4.78 is 2.07. The lowest BCUT2D eigenvalue weighted by atomic mass is 9.94. The van der Waals surface area contributed by atoms with Crippen molar-refractivity contribution in [1.82, 2.24) is 20.0 Å². The van der Waals surface area contributed by atoms with Crippen molar-refractivity contribution < 1.29 is 14.4 Å². The Morgan fingerprint density at radius 2 is 1.97 bits per heavy atom. The van der Waals surface area contributed by atoms with Gasteiger partial charge in [-0.05, 0) is 62.5 Å². The van der Waals surface area contributed by atoms with E-state index in [-0.39, 0.29) is 30.8 Å². The number of carbonyl (C=O) groups is 3. The normalized spacial score (nSPS) is 20.6. The molecule has 5 rings (SSSR count). The predicted molar refractivity (Wildman–Crippen MR) is 143 cm³/mol. The average Bonchev–Trinajstić information content (AvgIpc) is 3.57. The van der Waals surface area contributed by atoms with E-state index in [4.69, 9.17) is 10.8 Å². The second-order valence-corrected chi connectivity index (χ2v) is 10.2. The minimum absolute atomic E-state index is 0.00304. The summed E-state index contributed by atoms with van der Waals surface area (Å²) in [6.07, 6.45) is 10.9. The van der Waals surface area contributed by atoms with E-state index in [1.165, 1.54) is 12.8 Å². The van der Waals surface area contributed by atoms with Gasteiger partial charge < -0.3 is 16.0 Å². The molecule has 1 aliphatic carbocycles. The molecule has 0 saturated heterocycles. The van der Waals surface area contributed by atoms with Crippen LogP contribution in [0.5, 0.6) is 0 Å². The predicted octanol–water partition coefficient (Wildman–Crippen LogP) is 3.02. The zero-order valence-corrected chi connectivity index (χ0v) is 21.5. The summed E-state index contributed by atoms with van der Waals surface area (Å²) in [5, 5.41) is 8.49. The summed E-state index contributed by atoms with van der Waals surface area (Å²) in [4.78, 5) is 43.8. The maximum absolute atomic E-state index is 13.5. The third-order valence-electron chi connectivity index (χ3n) is 7.78. The monoisotopic (exact) mass is 502 g/mol. The fraction of sp³-hybridized carbons (Fsp3) is 0.464. The van der Waals surface area contributed by atoms with E-state index in [2.05, 4.69) is 21.1 Å². The largest absolute Gasteiger partial charge is 0.351 e. The van der Waals surface area contributed by atoms with E-state index in [0.29, 0.717) is 36.8 Å². The van der Waals surface area contributed by atoms with Crippen LogP contribution < -0.4 is 11.1 Å². The Balaban J connectivity index is 1.47. The van der Waals surface area contributed by atoms with Crippen molar-refractivity contribution in [3.05, 3.63) is 47.2 Å². The molecular formula is C28H34N6O3. The van der Waals surface area contributed by atoms with Gasteiger partial charge in [-0.1, -0.05) is 24.5 Å². The Morgan fingerprint density at radius 1 is 1.19 bits per heavy atom. The number of nitrogens with two attached hydrogens (primary N) is 1. The number of allylic oxidation sites excluding steroid dienone is 1. The molecule has 1 unspecified atom stereocenters. The summed E-state index contributed by atoms with van der Waals surface area (Å²) in [7, 11) is 0. The van der Waals surface area contributed by atoms with Gasteiger partial charge in [-0.15, -0.1) is 0 Å². The number of nitrogens with zero attached hydrogens (tertiary/aromatic N) is 4. The van der Waals surface area contributed by atoms with E-state index in [1.54, 1.807) is 18.0 Å². The maximum Gasteiger partial charge on any atom is 0.254 e. The number of aromatic nitrogens is 2. The standard InChI is InChI=1S/C28H34N6O3/c1-17-11-18(2)32-28(37)23(17)15-30-27(36)22-12-20(19-7-9-33(10-8-19)26(35)14-29)13-25-24(22)16-31-34(25)21-5-3-4-6-21/h7,11-13,16,21,23H,3-6,8-10,14-15,29H2,1-2H3,(H,30,36). The van der Waals surface area contributed by atoms with Gasteiger partial charge in [0, 0.05) is 30.7 Å². The highest BCUT2D eigenvalue weighted by Gasteiger charge is 2.27. The van der Waals surface area contributed by atoms with E-state index in [1.807, 2.05) is 25.1 Å². The van der Waals surface area contributed by atoms with E-state index in [0.717, 1.165) is 40.5 Å². The summed E-state index contributed by atoms with van der Waals surface area (Å²) >= 11 is 0. The van der Waals surface area contributed by atoms with Crippen LogP contribution in [0.15, 0.2) is 41.0 Å². The molecule has 1 saturated carbocycles. The van der Waals surface area contributed by atoms with Crippen molar-refractivity contribution in [3.8, 4) is 0 Å². The van der Waals surface area contributed by atoms with Gasteiger partial charge in [0.15, 0.2) is 0 Å². The number of nitrogens with one attached hydrogen (secondary N) is 1. The quantitative estimate of drug-likeness (QED) is 0.629. The first-order chi connectivity index (χ1) is 17.9. The number of carbonyl (C=O) groups excluding carboxylic acids is 3. The molecule has 9 nitrogen and oxygen atoms in total. The van der Waals surface area contributed by atoms with Gasteiger partial charge in [0.2, 0.25) is 5.91 Å². The third-order valence-corrected chi connectivity index (χ3v) is 7.78. The summed E-state index contributed by atoms with van der Waals surface area (Å²) in [5.41, 5.74) is 10.7. The molecule has 0 spiro atoms. The van der Waals surface area contributed by atoms with Gasteiger partial charge in [-0.3, -0.25) is 19.1 Å². The maximum atomic E-state index is 13.5. The number of rotatable bonds is 6. The molecule has 3 aliphatic rings. The number of aliphatic imine (C=N–C) groups is 1. The van der Waals surface area contributed by atoms with Crippen LogP contribution in [-0.2, 0) is 9.59 Å². The SMILES string of the molecule is CC1=CC(C)=NC(=O)C1CNC(=O)c1cc(C2=CCN(C(=O)CN)CC2)cc2c1cnn2C1CCCC1. The van der Waals surface area contributed by atoms with E-state index < -0.39 is 5.92 Å². The average molecular weight is 503 g/mol. The zero-order chi connectivity index (χ0) is 26.1. The van der Waals surface area contributed by atoms with Crippen molar-refractivity contribution in [2.45, 2.75) is 52.0 Å². The minimum atomic E-state index is -0.459. The Morgan fingerprint density at radius 3 is 2.65 bits per heavy atom. The van der Waals surface area contributed by atoms with Gasteiger partial charge in [-0.25, -0.2) is 4.99 Å². The lowest BCUT2D eigenvalue weighted by Crippen LogP contribution is -2.38. The number of hydrogen-bond donors (Lipinski definition) is 2. The number of amides is 3. The number of benzene rings is 1. The Hall–Kier alpha value is -3.59. The second kappa shape index (κ2) is 10.4. The van der Waals surface area contributed by atoms with Crippen LogP contribution in [0.25, 0.3) is 16.5 Å². The number of hydrogen-bond acceptors (Lipinski definition) is 5. The fourth-order valence-corrected chi connectivity index (χ4v) is 5.69. The van der Waals surface area contributed by atoms with Crippen LogP contribution in [0.3, 0.4) is 0 Å². The van der Waals surface area contributed by atoms with Gasteiger partial charge in [-0.2, -0.15) is 5.10 Å². The van der Waals surface area contributed by atoms with Crippen molar-refractivity contribution >= 4 is 39.9 Å².